The third kappa shape index (κ3) is 5.01. The molecule has 0 heterocycles. The maximum absolute atomic E-state index is 8.73. The summed E-state index contributed by atoms with van der Waals surface area (Å²) in [5.74, 6) is 1.01. The molecule has 0 aromatic carbocycles. The van der Waals surface area contributed by atoms with Gasteiger partial charge in [0, 0.05) is 0 Å². The van der Waals surface area contributed by atoms with Gasteiger partial charge < -0.3 is 5.11 Å². The number of hydrogen-bond acceptors (Lipinski definition) is 1. The van der Waals surface area contributed by atoms with Gasteiger partial charge >= 0.3 is 0 Å². The minimum Gasteiger partial charge on any atom is -0.393 e. The first kappa shape index (κ1) is 13.0. The molecular formula is C14H28O. The van der Waals surface area contributed by atoms with Gasteiger partial charge in [0.15, 0.2) is 0 Å². The van der Waals surface area contributed by atoms with Gasteiger partial charge in [0.2, 0.25) is 0 Å². The van der Waals surface area contributed by atoms with Crippen LogP contribution in [0.4, 0.5) is 0 Å². The lowest BCUT2D eigenvalue weighted by atomic mass is 9.80. The van der Waals surface area contributed by atoms with Crippen molar-refractivity contribution < 1.29 is 5.11 Å². The van der Waals surface area contributed by atoms with E-state index in [2.05, 4.69) is 20.8 Å². The summed E-state index contributed by atoms with van der Waals surface area (Å²) in [6.07, 6.45) is 10.5. The lowest BCUT2D eigenvalue weighted by Crippen LogP contribution is -2.16. The van der Waals surface area contributed by atoms with E-state index >= 15 is 0 Å². The van der Waals surface area contributed by atoms with Crippen LogP contribution in [0.1, 0.15) is 72.1 Å². The van der Waals surface area contributed by atoms with Gasteiger partial charge in [0.1, 0.15) is 0 Å². The van der Waals surface area contributed by atoms with Crippen molar-refractivity contribution in [2.24, 2.45) is 11.3 Å². The number of rotatable bonds is 0. The number of aliphatic hydroxyl groups is 1. The summed E-state index contributed by atoms with van der Waals surface area (Å²) in [5, 5.41) is 8.73. The van der Waals surface area contributed by atoms with Crippen molar-refractivity contribution in [3.8, 4) is 0 Å². The van der Waals surface area contributed by atoms with E-state index in [0.717, 1.165) is 18.8 Å². The molecule has 0 spiro atoms. The average molecular weight is 212 g/mol. The summed E-state index contributed by atoms with van der Waals surface area (Å²) >= 11 is 0. The quantitative estimate of drug-likeness (QED) is 0.639. The van der Waals surface area contributed by atoms with Crippen LogP contribution in [-0.4, -0.2) is 11.2 Å². The molecule has 0 aromatic heterocycles. The topological polar surface area (TPSA) is 20.2 Å². The Kier molecular flexibility index (Phi) is 5.11. The van der Waals surface area contributed by atoms with E-state index in [0.29, 0.717) is 5.41 Å². The lowest BCUT2D eigenvalue weighted by Gasteiger charge is -2.26. The third-order valence-corrected chi connectivity index (χ3v) is 3.90. The van der Waals surface area contributed by atoms with Gasteiger partial charge in [-0.3, -0.25) is 0 Å². The summed E-state index contributed by atoms with van der Waals surface area (Å²) in [7, 11) is 0. The molecule has 15 heavy (non-hydrogen) atoms. The Balaban J connectivity index is 0.000000162. The molecule has 1 heteroatoms. The molecule has 90 valence electrons. The molecule has 2 saturated carbocycles. The van der Waals surface area contributed by atoms with Crippen LogP contribution in [0.5, 0.6) is 0 Å². The first-order valence-electron chi connectivity index (χ1n) is 6.68. The van der Waals surface area contributed by atoms with Crippen LogP contribution >= 0.6 is 0 Å². The van der Waals surface area contributed by atoms with Crippen molar-refractivity contribution in [3.63, 3.8) is 0 Å². The van der Waals surface area contributed by atoms with Gasteiger partial charge in [-0.2, -0.15) is 0 Å². The van der Waals surface area contributed by atoms with Crippen LogP contribution in [0, 0.1) is 11.3 Å². The second-order valence-corrected chi connectivity index (χ2v) is 6.29. The fourth-order valence-corrected chi connectivity index (χ4v) is 2.70. The van der Waals surface area contributed by atoms with Gasteiger partial charge in [-0.05, 0) is 37.0 Å². The van der Waals surface area contributed by atoms with E-state index in [1.165, 1.54) is 38.5 Å². The zero-order valence-electron chi connectivity index (χ0n) is 10.8. The van der Waals surface area contributed by atoms with E-state index in [1.807, 2.05) is 0 Å². The predicted octanol–water partition coefficient (Wildman–Crippen LogP) is 4.14. The van der Waals surface area contributed by atoms with Gasteiger partial charge in [0.25, 0.3) is 0 Å². The van der Waals surface area contributed by atoms with Crippen molar-refractivity contribution in [2.45, 2.75) is 78.2 Å². The van der Waals surface area contributed by atoms with Crippen LogP contribution in [0.2, 0.25) is 0 Å². The number of hydrogen-bond donors (Lipinski definition) is 1. The van der Waals surface area contributed by atoms with E-state index in [1.54, 1.807) is 0 Å². The SMILES string of the molecule is CC(C)(C)C1CCCC1.OC1CCCC1. The second-order valence-electron chi connectivity index (χ2n) is 6.29. The van der Waals surface area contributed by atoms with E-state index in [9.17, 15) is 0 Å². The van der Waals surface area contributed by atoms with Crippen LogP contribution in [0.15, 0.2) is 0 Å². The third-order valence-electron chi connectivity index (χ3n) is 3.90. The Hall–Kier alpha value is -0.0400. The molecule has 0 bridgehead atoms. The fourth-order valence-electron chi connectivity index (χ4n) is 2.70. The highest BCUT2D eigenvalue weighted by atomic mass is 16.3. The molecule has 2 aliphatic rings. The van der Waals surface area contributed by atoms with Gasteiger partial charge in [0.05, 0.1) is 6.10 Å². The second kappa shape index (κ2) is 5.89. The maximum atomic E-state index is 8.73. The Morgan fingerprint density at radius 2 is 1.20 bits per heavy atom. The number of aliphatic hydroxyl groups excluding tert-OH is 1. The molecule has 0 radical (unpaired) electrons. The molecule has 2 fully saturated rings. The predicted molar refractivity (Wildman–Crippen MR) is 65.9 cm³/mol. The van der Waals surface area contributed by atoms with Gasteiger partial charge in [-0.25, -0.2) is 0 Å². The Labute approximate surface area is 95.3 Å². The first-order valence-corrected chi connectivity index (χ1v) is 6.68. The summed E-state index contributed by atoms with van der Waals surface area (Å²) < 4.78 is 0. The molecule has 0 saturated heterocycles. The van der Waals surface area contributed by atoms with Crippen LogP contribution < -0.4 is 0 Å². The van der Waals surface area contributed by atoms with E-state index < -0.39 is 0 Å². The smallest absolute Gasteiger partial charge is 0.0540 e. The minimum absolute atomic E-state index is 0.0463. The highest BCUT2D eigenvalue weighted by molar-refractivity contribution is 4.78. The standard InChI is InChI=1S/C9H18.C5H10O/c1-9(2,3)8-6-4-5-7-8;6-5-3-1-2-4-5/h8H,4-7H2,1-3H3;5-6H,1-4H2. The fraction of sp³-hybridized carbons (Fsp3) is 1.00. The van der Waals surface area contributed by atoms with E-state index in [-0.39, 0.29) is 6.10 Å². The van der Waals surface area contributed by atoms with Crippen molar-refractivity contribution in [3.05, 3.63) is 0 Å². The highest BCUT2D eigenvalue weighted by Crippen LogP contribution is 2.38. The summed E-state index contributed by atoms with van der Waals surface area (Å²) in [5.41, 5.74) is 0.580. The molecule has 2 aliphatic carbocycles. The normalized spacial score (nSPS) is 24.0. The molecule has 0 atom stereocenters. The molecular weight excluding hydrogens is 184 g/mol. The average Bonchev–Trinajstić information content (AvgIpc) is 2.73. The maximum Gasteiger partial charge on any atom is 0.0540 e. The molecule has 0 unspecified atom stereocenters. The first-order chi connectivity index (χ1) is 7.00. The van der Waals surface area contributed by atoms with Crippen LogP contribution in [0.3, 0.4) is 0 Å². The summed E-state index contributed by atoms with van der Waals surface area (Å²) in [6, 6.07) is 0. The van der Waals surface area contributed by atoms with Crippen molar-refractivity contribution in [2.75, 3.05) is 0 Å². The van der Waals surface area contributed by atoms with Gasteiger partial charge in [-0.1, -0.05) is 46.5 Å². The molecule has 0 aromatic rings. The monoisotopic (exact) mass is 212 g/mol. The van der Waals surface area contributed by atoms with Crippen molar-refractivity contribution in [1.82, 2.24) is 0 Å². The zero-order valence-corrected chi connectivity index (χ0v) is 10.8. The highest BCUT2D eigenvalue weighted by Gasteiger charge is 2.26. The van der Waals surface area contributed by atoms with Crippen LogP contribution in [-0.2, 0) is 0 Å². The molecule has 1 nitrogen and oxygen atoms in total. The van der Waals surface area contributed by atoms with E-state index in [4.69, 9.17) is 5.11 Å². The van der Waals surface area contributed by atoms with Crippen molar-refractivity contribution in [1.29, 1.82) is 0 Å². The lowest BCUT2D eigenvalue weighted by molar-refractivity contribution is 0.183. The van der Waals surface area contributed by atoms with Gasteiger partial charge in [-0.15, -0.1) is 0 Å². The Morgan fingerprint density at radius 3 is 1.40 bits per heavy atom. The Morgan fingerprint density at radius 1 is 0.800 bits per heavy atom. The van der Waals surface area contributed by atoms with Crippen LogP contribution in [0.25, 0.3) is 0 Å². The summed E-state index contributed by atoms with van der Waals surface area (Å²) in [4.78, 5) is 0. The zero-order chi connectivity index (χ0) is 11.3. The molecule has 0 aliphatic heterocycles. The largest absolute Gasteiger partial charge is 0.393 e. The minimum atomic E-state index is 0.0463. The molecule has 0 amide bonds. The van der Waals surface area contributed by atoms with Crippen molar-refractivity contribution >= 4 is 0 Å². The summed E-state index contributed by atoms with van der Waals surface area (Å²) in [6.45, 7) is 7.09. The Bertz CT molecular complexity index is 157. The molecule has 2 rings (SSSR count). The molecule has 1 N–H and O–H groups in total.